The molecule has 9 nitrogen and oxygen atoms in total. The normalized spacial score (nSPS) is 14.2. The topological polar surface area (TPSA) is 94.1 Å². The van der Waals surface area contributed by atoms with Gasteiger partial charge in [0.1, 0.15) is 17.2 Å². The molecule has 0 saturated carbocycles. The Kier molecular flexibility index (Phi) is 7.28. The number of aryl methyl sites for hydroxylation is 1. The van der Waals surface area contributed by atoms with Gasteiger partial charge in [-0.05, 0) is 31.0 Å². The number of ether oxygens (including phenoxy) is 3. The van der Waals surface area contributed by atoms with Crippen molar-refractivity contribution in [2.45, 2.75) is 20.0 Å². The molecule has 3 heterocycles. The smallest absolute Gasteiger partial charge is 0.264 e. The molecule has 180 valence electrons. The summed E-state index contributed by atoms with van der Waals surface area (Å²) in [6.45, 7) is 4.20. The average Bonchev–Trinajstić information content (AvgIpc) is 3.02. The molecule has 2 amide bonds. The Hall–Kier alpha value is -3.24. The lowest BCUT2D eigenvalue weighted by atomic mass is 10.1. The number of carbonyl (C=O) groups excluding carboxylic acids is 2. The van der Waals surface area contributed by atoms with Crippen molar-refractivity contribution in [2.75, 3.05) is 47.5 Å². The van der Waals surface area contributed by atoms with Crippen molar-refractivity contribution in [3.05, 3.63) is 46.1 Å². The molecular weight excluding hydrogens is 456 g/mol. The highest BCUT2D eigenvalue weighted by atomic mass is 32.1. The lowest BCUT2D eigenvalue weighted by Gasteiger charge is -2.22. The molecule has 0 bridgehead atoms. The first-order chi connectivity index (χ1) is 16.5. The molecular formula is C24H28N4O5S. The molecule has 1 aromatic carbocycles. The number of nitrogens with zero attached hydrogens (tertiary/aromatic N) is 4. The zero-order valence-electron chi connectivity index (χ0n) is 19.8. The largest absolute Gasteiger partial charge is 0.496 e. The van der Waals surface area contributed by atoms with Crippen LogP contribution in [0.25, 0.3) is 10.2 Å². The van der Waals surface area contributed by atoms with E-state index in [9.17, 15) is 9.59 Å². The summed E-state index contributed by atoms with van der Waals surface area (Å²) in [6, 6.07) is 7.20. The highest BCUT2D eigenvalue weighted by Crippen LogP contribution is 2.36. The molecule has 10 heteroatoms. The highest BCUT2D eigenvalue weighted by Gasteiger charge is 2.28. The van der Waals surface area contributed by atoms with Crippen molar-refractivity contribution in [1.29, 1.82) is 0 Å². The molecule has 3 aromatic rings. The predicted molar refractivity (Wildman–Crippen MR) is 129 cm³/mol. The maximum Gasteiger partial charge on any atom is 0.264 e. The van der Waals surface area contributed by atoms with E-state index in [2.05, 4.69) is 9.97 Å². The van der Waals surface area contributed by atoms with Gasteiger partial charge in [0.2, 0.25) is 5.88 Å². The first-order valence-electron chi connectivity index (χ1n) is 11.0. The van der Waals surface area contributed by atoms with Crippen LogP contribution in [0, 0.1) is 6.92 Å². The number of thiophene rings is 1. The van der Waals surface area contributed by atoms with Crippen LogP contribution < -0.4 is 9.47 Å². The molecule has 0 radical (unpaired) electrons. The van der Waals surface area contributed by atoms with Gasteiger partial charge < -0.3 is 24.0 Å². The van der Waals surface area contributed by atoms with Gasteiger partial charge in [-0.25, -0.2) is 4.98 Å². The monoisotopic (exact) mass is 484 g/mol. The van der Waals surface area contributed by atoms with Crippen molar-refractivity contribution in [2.24, 2.45) is 0 Å². The highest BCUT2D eigenvalue weighted by molar-refractivity contribution is 7.20. The van der Waals surface area contributed by atoms with Gasteiger partial charge in [-0.15, -0.1) is 11.3 Å². The third-order valence-corrected chi connectivity index (χ3v) is 7.05. The molecule has 2 aromatic heterocycles. The van der Waals surface area contributed by atoms with E-state index in [0.717, 1.165) is 10.9 Å². The number of aromatic nitrogens is 2. The van der Waals surface area contributed by atoms with Gasteiger partial charge in [0.25, 0.3) is 11.8 Å². The molecule has 1 fully saturated rings. The lowest BCUT2D eigenvalue weighted by Crippen LogP contribution is -2.37. The fourth-order valence-corrected chi connectivity index (χ4v) is 5.31. The fraction of sp³-hybridized carbons (Fsp3) is 0.417. The summed E-state index contributed by atoms with van der Waals surface area (Å²) >= 11 is 1.34. The van der Waals surface area contributed by atoms with E-state index >= 15 is 0 Å². The van der Waals surface area contributed by atoms with Gasteiger partial charge in [-0.2, -0.15) is 4.98 Å². The number of rotatable bonds is 6. The van der Waals surface area contributed by atoms with E-state index in [0.29, 0.717) is 65.3 Å². The molecule has 34 heavy (non-hydrogen) atoms. The van der Waals surface area contributed by atoms with Gasteiger partial charge in [-0.1, -0.05) is 12.1 Å². The summed E-state index contributed by atoms with van der Waals surface area (Å²) in [5.74, 6) is 1.34. The first kappa shape index (κ1) is 23.9. The number of para-hydroxylation sites is 1. The SMILES string of the molecule is COCc1nc(OC)c2c(C)c(C(=O)N3CCCN(C(=O)c4ccccc4OC)CC3)sc2n1. The molecule has 0 aliphatic carbocycles. The van der Waals surface area contributed by atoms with E-state index in [-0.39, 0.29) is 18.4 Å². The van der Waals surface area contributed by atoms with Crippen molar-refractivity contribution in [3.8, 4) is 11.6 Å². The summed E-state index contributed by atoms with van der Waals surface area (Å²) < 4.78 is 16.0. The van der Waals surface area contributed by atoms with Gasteiger partial charge in [0, 0.05) is 33.3 Å². The average molecular weight is 485 g/mol. The van der Waals surface area contributed by atoms with Crippen molar-refractivity contribution >= 4 is 33.4 Å². The Balaban J connectivity index is 1.55. The molecule has 0 spiro atoms. The molecule has 4 rings (SSSR count). The van der Waals surface area contributed by atoms with Crippen LogP contribution in [0.15, 0.2) is 24.3 Å². The maximum atomic E-state index is 13.5. The van der Waals surface area contributed by atoms with E-state index in [4.69, 9.17) is 14.2 Å². The van der Waals surface area contributed by atoms with Crippen molar-refractivity contribution in [1.82, 2.24) is 19.8 Å². The van der Waals surface area contributed by atoms with Crippen LogP contribution >= 0.6 is 11.3 Å². The molecule has 0 atom stereocenters. The first-order valence-corrected chi connectivity index (χ1v) is 11.8. The number of carbonyl (C=O) groups is 2. The third-order valence-electron chi connectivity index (χ3n) is 5.87. The van der Waals surface area contributed by atoms with Gasteiger partial charge >= 0.3 is 0 Å². The lowest BCUT2D eigenvalue weighted by molar-refractivity contribution is 0.0719. The number of hydrogen-bond donors (Lipinski definition) is 0. The number of methoxy groups -OCH3 is 3. The van der Waals surface area contributed by atoms with Crippen LogP contribution in [0.4, 0.5) is 0 Å². The maximum absolute atomic E-state index is 13.5. The summed E-state index contributed by atoms with van der Waals surface area (Å²) in [5.41, 5.74) is 1.33. The summed E-state index contributed by atoms with van der Waals surface area (Å²) in [7, 11) is 4.69. The van der Waals surface area contributed by atoms with Crippen molar-refractivity contribution in [3.63, 3.8) is 0 Å². The van der Waals surface area contributed by atoms with Crippen LogP contribution in [0.1, 0.15) is 37.8 Å². The number of benzene rings is 1. The Morgan fingerprint density at radius 2 is 1.68 bits per heavy atom. The van der Waals surface area contributed by atoms with E-state index in [1.54, 1.807) is 38.4 Å². The quantitative estimate of drug-likeness (QED) is 0.531. The van der Waals surface area contributed by atoms with Crippen LogP contribution in [0.5, 0.6) is 11.6 Å². The summed E-state index contributed by atoms with van der Waals surface area (Å²) in [6.07, 6.45) is 0.692. The van der Waals surface area contributed by atoms with Crippen LogP contribution in [0.3, 0.4) is 0 Å². The Bertz CT molecular complexity index is 1210. The number of amides is 2. The molecule has 0 unspecified atom stereocenters. The van der Waals surface area contributed by atoms with Gasteiger partial charge in [-0.3, -0.25) is 9.59 Å². The Morgan fingerprint density at radius 1 is 0.971 bits per heavy atom. The van der Waals surface area contributed by atoms with Crippen molar-refractivity contribution < 1.29 is 23.8 Å². The Morgan fingerprint density at radius 3 is 2.35 bits per heavy atom. The van der Waals surface area contributed by atoms with Crippen LogP contribution in [-0.4, -0.2) is 79.1 Å². The fourth-order valence-electron chi connectivity index (χ4n) is 4.15. The second-order valence-electron chi connectivity index (χ2n) is 7.96. The summed E-state index contributed by atoms with van der Waals surface area (Å²) in [5, 5.41) is 0.749. The zero-order chi connectivity index (χ0) is 24.2. The van der Waals surface area contributed by atoms with E-state index in [1.807, 2.05) is 24.0 Å². The number of hydrogen-bond acceptors (Lipinski definition) is 8. The van der Waals surface area contributed by atoms with E-state index in [1.165, 1.54) is 11.3 Å². The number of fused-ring (bicyclic) bond motifs is 1. The van der Waals surface area contributed by atoms with Gasteiger partial charge in [0.05, 0.1) is 30.0 Å². The van der Waals surface area contributed by atoms with Crippen LogP contribution in [0.2, 0.25) is 0 Å². The molecule has 1 saturated heterocycles. The second-order valence-corrected chi connectivity index (χ2v) is 8.96. The molecule has 1 aliphatic heterocycles. The van der Waals surface area contributed by atoms with Crippen LogP contribution in [-0.2, 0) is 11.3 Å². The minimum absolute atomic E-state index is 0.0672. The predicted octanol–water partition coefficient (Wildman–Crippen LogP) is 3.15. The minimum atomic E-state index is -0.0875. The summed E-state index contributed by atoms with van der Waals surface area (Å²) in [4.78, 5) is 40.5. The Labute approximate surface area is 202 Å². The standard InChI is InChI=1S/C24H28N4O5S/c1-15-19-21(33-4)25-18(14-31-2)26-22(19)34-20(15)24(30)28-11-7-10-27(12-13-28)23(29)16-8-5-6-9-17(16)32-3/h5-6,8-9H,7,10-14H2,1-4H3. The zero-order valence-corrected chi connectivity index (χ0v) is 20.6. The third kappa shape index (κ3) is 4.55. The molecule has 1 aliphatic rings. The van der Waals surface area contributed by atoms with Gasteiger partial charge in [0.15, 0.2) is 5.82 Å². The second kappa shape index (κ2) is 10.4. The van der Waals surface area contributed by atoms with E-state index < -0.39 is 0 Å². The minimum Gasteiger partial charge on any atom is -0.496 e. The molecule has 0 N–H and O–H groups in total.